The molecule has 1 saturated carbocycles. The van der Waals surface area contributed by atoms with E-state index in [0.717, 1.165) is 31.1 Å². The molecular formula is C22H31NO2. The van der Waals surface area contributed by atoms with Gasteiger partial charge in [0.25, 0.3) is 0 Å². The normalized spacial score (nSPS) is 26.4. The molecule has 0 aromatic heterocycles. The van der Waals surface area contributed by atoms with E-state index in [9.17, 15) is 4.79 Å². The van der Waals surface area contributed by atoms with Gasteiger partial charge in [0, 0.05) is 24.9 Å². The van der Waals surface area contributed by atoms with Crippen LogP contribution in [0.4, 0.5) is 0 Å². The van der Waals surface area contributed by atoms with Crippen molar-refractivity contribution in [1.29, 1.82) is 0 Å². The van der Waals surface area contributed by atoms with Crippen LogP contribution in [-0.4, -0.2) is 30.5 Å². The highest BCUT2D eigenvalue weighted by Crippen LogP contribution is 2.44. The maximum atomic E-state index is 12.7. The highest BCUT2D eigenvalue weighted by molar-refractivity contribution is 5.81. The molecule has 3 aliphatic rings. The Morgan fingerprint density at radius 1 is 1.16 bits per heavy atom. The second-order valence-electron chi connectivity index (χ2n) is 8.18. The van der Waals surface area contributed by atoms with Gasteiger partial charge in [-0.05, 0) is 48.8 Å². The SMILES string of the molecule is COc1cccc2c1CC[C@H]1[C@@H]2CC(=O)N1CCCC1CCCCC1. The zero-order chi connectivity index (χ0) is 17.2. The largest absolute Gasteiger partial charge is 0.496 e. The Kier molecular flexibility index (Phi) is 5.00. The number of hydrogen-bond acceptors (Lipinski definition) is 2. The van der Waals surface area contributed by atoms with Crippen LogP contribution in [0, 0.1) is 5.92 Å². The van der Waals surface area contributed by atoms with Crippen molar-refractivity contribution in [2.45, 2.75) is 76.2 Å². The van der Waals surface area contributed by atoms with E-state index >= 15 is 0 Å². The molecule has 1 amide bonds. The minimum atomic E-state index is 0.370. The number of methoxy groups -OCH3 is 1. The van der Waals surface area contributed by atoms with Crippen LogP contribution in [0.3, 0.4) is 0 Å². The van der Waals surface area contributed by atoms with E-state index in [4.69, 9.17) is 4.74 Å². The Bertz CT molecular complexity index is 620. The van der Waals surface area contributed by atoms with Crippen molar-refractivity contribution >= 4 is 5.91 Å². The van der Waals surface area contributed by atoms with E-state index < -0.39 is 0 Å². The molecule has 2 atom stereocenters. The fourth-order valence-electron chi connectivity index (χ4n) is 5.52. The first-order valence-electron chi connectivity index (χ1n) is 10.2. The number of rotatable bonds is 5. The molecule has 3 heteroatoms. The van der Waals surface area contributed by atoms with Crippen molar-refractivity contribution in [2.24, 2.45) is 5.92 Å². The predicted octanol–water partition coefficient (Wildman–Crippen LogP) is 4.69. The maximum absolute atomic E-state index is 12.7. The number of carbonyl (C=O) groups is 1. The average Bonchev–Trinajstić information content (AvgIpc) is 2.98. The van der Waals surface area contributed by atoms with Gasteiger partial charge in [-0.3, -0.25) is 4.79 Å². The van der Waals surface area contributed by atoms with E-state index in [1.807, 2.05) is 0 Å². The quantitative estimate of drug-likeness (QED) is 0.778. The molecule has 0 bridgehead atoms. The first-order valence-corrected chi connectivity index (χ1v) is 10.2. The number of hydrogen-bond donors (Lipinski definition) is 0. The van der Waals surface area contributed by atoms with Crippen molar-refractivity contribution in [2.75, 3.05) is 13.7 Å². The Morgan fingerprint density at radius 2 is 2.00 bits per heavy atom. The topological polar surface area (TPSA) is 29.5 Å². The Hall–Kier alpha value is -1.51. The third-order valence-corrected chi connectivity index (χ3v) is 6.79. The second kappa shape index (κ2) is 7.39. The highest BCUT2D eigenvalue weighted by Gasteiger charge is 2.43. The van der Waals surface area contributed by atoms with Crippen LogP contribution in [0.2, 0.25) is 0 Å². The molecule has 1 saturated heterocycles. The van der Waals surface area contributed by atoms with Crippen LogP contribution < -0.4 is 4.74 Å². The number of nitrogens with zero attached hydrogens (tertiary/aromatic N) is 1. The third kappa shape index (κ3) is 3.30. The standard InChI is InChI=1S/C22H31NO2/c1-25-21-11-5-10-17-18(21)12-13-20-19(17)15-22(24)23(20)14-6-9-16-7-3-2-4-8-16/h5,10-11,16,19-20H,2-4,6-9,12-15H2,1H3/t19-,20+/m1/s1. The van der Waals surface area contributed by atoms with Crippen LogP contribution in [0.15, 0.2) is 18.2 Å². The van der Waals surface area contributed by atoms with Gasteiger partial charge in [0.05, 0.1) is 7.11 Å². The van der Waals surface area contributed by atoms with E-state index in [1.54, 1.807) is 7.11 Å². The predicted molar refractivity (Wildman–Crippen MR) is 100.0 cm³/mol. The molecule has 3 nitrogen and oxygen atoms in total. The number of benzene rings is 1. The van der Waals surface area contributed by atoms with E-state index in [2.05, 4.69) is 23.1 Å². The van der Waals surface area contributed by atoms with Crippen molar-refractivity contribution in [1.82, 2.24) is 4.90 Å². The molecule has 1 heterocycles. The maximum Gasteiger partial charge on any atom is 0.223 e. The summed E-state index contributed by atoms with van der Waals surface area (Å²) in [5.74, 6) is 2.66. The summed E-state index contributed by atoms with van der Waals surface area (Å²) < 4.78 is 5.55. The first kappa shape index (κ1) is 16.9. The molecule has 0 N–H and O–H groups in total. The Labute approximate surface area is 151 Å². The third-order valence-electron chi connectivity index (χ3n) is 6.79. The fourth-order valence-corrected chi connectivity index (χ4v) is 5.52. The summed E-state index contributed by atoms with van der Waals surface area (Å²) >= 11 is 0. The van der Waals surface area contributed by atoms with Crippen LogP contribution in [0.5, 0.6) is 5.75 Å². The molecule has 0 radical (unpaired) electrons. The smallest absolute Gasteiger partial charge is 0.223 e. The lowest BCUT2D eigenvalue weighted by molar-refractivity contribution is -0.129. The monoisotopic (exact) mass is 341 g/mol. The Morgan fingerprint density at radius 3 is 2.80 bits per heavy atom. The minimum absolute atomic E-state index is 0.370. The summed E-state index contributed by atoms with van der Waals surface area (Å²) in [7, 11) is 1.75. The van der Waals surface area contributed by atoms with Crippen LogP contribution in [0.1, 0.15) is 74.8 Å². The van der Waals surface area contributed by atoms with E-state index in [1.165, 1.54) is 56.1 Å². The van der Waals surface area contributed by atoms with Gasteiger partial charge in [-0.15, -0.1) is 0 Å². The van der Waals surface area contributed by atoms with Crippen molar-refractivity contribution < 1.29 is 9.53 Å². The summed E-state index contributed by atoms with van der Waals surface area (Å²) in [5, 5.41) is 0. The van der Waals surface area contributed by atoms with Crippen LogP contribution in [0.25, 0.3) is 0 Å². The molecule has 1 aliphatic heterocycles. The van der Waals surface area contributed by atoms with E-state index in [0.29, 0.717) is 24.3 Å². The minimum Gasteiger partial charge on any atom is -0.496 e. The number of fused-ring (bicyclic) bond motifs is 3. The van der Waals surface area contributed by atoms with Crippen molar-refractivity contribution in [3.05, 3.63) is 29.3 Å². The first-order chi connectivity index (χ1) is 12.3. The zero-order valence-corrected chi connectivity index (χ0v) is 15.5. The molecule has 2 fully saturated rings. The van der Waals surface area contributed by atoms with Gasteiger partial charge in [0.2, 0.25) is 5.91 Å². The van der Waals surface area contributed by atoms with Gasteiger partial charge in [0.1, 0.15) is 5.75 Å². The molecule has 1 aromatic rings. The number of amides is 1. The van der Waals surface area contributed by atoms with Crippen LogP contribution in [-0.2, 0) is 11.2 Å². The molecule has 0 unspecified atom stereocenters. The summed E-state index contributed by atoms with van der Waals surface area (Å²) in [4.78, 5) is 14.9. The lowest BCUT2D eigenvalue weighted by Gasteiger charge is -2.34. The van der Waals surface area contributed by atoms with Crippen molar-refractivity contribution in [3.63, 3.8) is 0 Å². The molecule has 4 rings (SSSR count). The van der Waals surface area contributed by atoms with Gasteiger partial charge >= 0.3 is 0 Å². The Balaban J connectivity index is 1.41. The van der Waals surface area contributed by atoms with E-state index in [-0.39, 0.29) is 0 Å². The number of ether oxygens (including phenoxy) is 1. The summed E-state index contributed by atoms with van der Waals surface area (Å²) in [6.07, 6.45) is 12.4. The van der Waals surface area contributed by atoms with Gasteiger partial charge in [-0.2, -0.15) is 0 Å². The number of carbonyl (C=O) groups excluding carboxylic acids is 1. The lowest BCUT2D eigenvalue weighted by Crippen LogP contribution is -2.38. The molecule has 1 aromatic carbocycles. The molecule has 0 spiro atoms. The zero-order valence-electron chi connectivity index (χ0n) is 15.5. The summed E-state index contributed by atoms with van der Waals surface area (Å²) in [5.41, 5.74) is 2.70. The fraction of sp³-hybridized carbons (Fsp3) is 0.682. The van der Waals surface area contributed by atoms with Crippen LogP contribution >= 0.6 is 0 Å². The van der Waals surface area contributed by atoms with Gasteiger partial charge in [0.15, 0.2) is 0 Å². The second-order valence-corrected chi connectivity index (χ2v) is 8.18. The average molecular weight is 341 g/mol. The lowest BCUT2D eigenvalue weighted by atomic mass is 9.79. The highest BCUT2D eigenvalue weighted by atomic mass is 16.5. The van der Waals surface area contributed by atoms with Gasteiger partial charge < -0.3 is 9.64 Å². The molecule has 136 valence electrons. The molecule has 25 heavy (non-hydrogen) atoms. The van der Waals surface area contributed by atoms with Crippen molar-refractivity contribution in [3.8, 4) is 5.75 Å². The molecular weight excluding hydrogens is 310 g/mol. The summed E-state index contributed by atoms with van der Waals surface area (Å²) in [6, 6.07) is 6.76. The van der Waals surface area contributed by atoms with Gasteiger partial charge in [-0.1, -0.05) is 44.2 Å². The summed E-state index contributed by atoms with van der Waals surface area (Å²) in [6.45, 7) is 0.968. The van der Waals surface area contributed by atoms with Gasteiger partial charge in [-0.25, -0.2) is 0 Å². The molecule has 2 aliphatic carbocycles. The number of likely N-dealkylation sites (tertiary alicyclic amines) is 1.